The Hall–Kier alpha value is -2.04. The molecule has 0 radical (unpaired) electrons. The van der Waals surface area contributed by atoms with E-state index in [1.165, 1.54) is 4.90 Å². The number of nitrogens with zero attached hydrogens (tertiary/aromatic N) is 1. The Morgan fingerprint density at radius 2 is 1.86 bits per heavy atom. The highest BCUT2D eigenvalue weighted by molar-refractivity contribution is 7.98. The summed E-state index contributed by atoms with van der Waals surface area (Å²) < 4.78 is 5.91. The van der Waals surface area contributed by atoms with E-state index in [0.717, 1.165) is 22.2 Å². The van der Waals surface area contributed by atoms with E-state index in [1.807, 2.05) is 60.9 Å². The van der Waals surface area contributed by atoms with Gasteiger partial charge in [0.2, 0.25) is 5.88 Å². The van der Waals surface area contributed by atoms with Gasteiger partial charge in [0.25, 0.3) is 0 Å². The zero-order chi connectivity index (χ0) is 14.7. The van der Waals surface area contributed by atoms with E-state index in [4.69, 9.17) is 10.5 Å². The van der Waals surface area contributed by atoms with E-state index in [1.54, 1.807) is 11.8 Å². The Morgan fingerprint density at radius 1 is 1.10 bits per heavy atom. The van der Waals surface area contributed by atoms with E-state index < -0.39 is 0 Å². The SMILES string of the molecule is CSc1ccc(Oc2nc3ccccc3cc2CN)cc1. The van der Waals surface area contributed by atoms with Crippen LogP contribution in [0.4, 0.5) is 0 Å². The van der Waals surface area contributed by atoms with Crippen LogP contribution in [0, 0.1) is 0 Å². The van der Waals surface area contributed by atoms with Gasteiger partial charge in [0.05, 0.1) is 5.52 Å². The Bertz CT molecular complexity index is 756. The van der Waals surface area contributed by atoms with Gasteiger partial charge >= 0.3 is 0 Å². The molecule has 2 aromatic carbocycles. The lowest BCUT2D eigenvalue weighted by Gasteiger charge is -2.10. The van der Waals surface area contributed by atoms with Gasteiger partial charge in [-0.05, 0) is 42.7 Å². The fourth-order valence-corrected chi connectivity index (χ4v) is 2.54. The maximum Gasteiger partial charge on any atom is 0.224 e. The molecular formula is C17H16N2OS. The van der Waals surface area contributed by atoms with Gasteiger partial charge in [0.1, 0.15) is 5.75 Å². The Kier molecular flexibility index (Phi) is 4.08. The quantitative estimate of drug-likeness (QED) is 0.733. The van der Waals surface area contributed by atoms with Crippen LogP contribution >= 0.6 is 11.8 Å². The Balaban J connectivity index is 1.97. The molecule has 0 bridgehead atoms. The number of thioether (sulfide) groups is 1. The third-order valence-corrected chi connectivity index (χ3v) is 4.00. The van der Waals surface area contributed by atoms with Crippen LogP contribution < -0.4 is 10.5 Å². The molecular weight excluding hydrogens is 280 g/mol. The maximum atomic E-state index is 5.91. The summed E-state index contributed by atoms with van der Waals surface area (Å²) in [5.74, 6) is 1.35. The Morgan fingerprint density at radius 3 is 2.57 bits per heavy atom. The van der Waals surface area contributed by atoms with Crippen LogP contribution in [0.3, 0.4) is 0 Å². The number of para-hydroxylation sites is 1. The summed E-state index contributed by atoms with van der Waals surface area (Å²) in [7, 11) is 0. The van der Waals surface area contributed by atoms with Crippen molar-refractivity contribution in [1.29, 1.82) is 0 Å². The normalized spacial score (nSPS) is 10.8. The van der Waals surface area contributed by atoms with Crippen molar-refractivity contribution < 1.29 is 4.74 Å². The average Bonchev–Trinajstić information content (AvgIpc) is 2.55. The summed E-state index contributed by atoms with van der Waals surface area (Å²) in [4.78, 5) is 5.78. The van der Waals surface area contributed by atoms with Gasteiger partial charge in [0, 0.05) is 22.4 Å². The fourth-order valence-electron chi connectivity index (χ4n) is 2.13. The van der Waals surface area contributed by atoms with Crippen LogP contribution in [-0.4, -0.2) is 11.2 Å². The summed E-state index contributed by atoms with van der Waals surface area (Å²) >= 11 is 1.70. The van der Waals surface area contributed by atoms with E-state index in [2.05, 4.69) is 4.98 Å². The molecule has 0 aliphatic heterocycles. The van der Waals surface area contributed by atoms with Crippen LogP contribution in [0.5, 0.6) is 11.6 Å². The standard InChI is InChI=1S/C17H16N2OS/c1-21-15-8-6-14(7-9-15)20-17-13(11-18)10-12-4-2-3-5-16(12)19-17/h2-10H,11,18H2,1H3. The highest BCUT2D eigenvalue weighted by Crippen LogP contribution is 2.28. The van der Waals surface area contributed by atoms with Crippen molar-refractivity contribution in [3.05, 3.63) is 60.2 Å². The number of aromatic nitrogens is 1. The van der Waals surface area contributed by atoms with Gasteiger partial charge in [-0.25, -0.2) is 4.98 Å². The van der Waals surface area contributed by atoms with Crippen molar-refractivity contribution >= 4 is 22.7 Å². The Labute approximate surface area is 128 Å². The molecule has 106 valence electrons. The van der Waals surface area contributed by atoms with Crippen LogP contribution in [-0.2, 0) is 6.54 Å². The number of hydrogen-bond donors (Lipinski definition) is 1. The van der Waals surface area contributed by atoms with Gasteiger partial charge in [0.15, 0.2) is 0 Å². The van der Waals surface area contributed by atoms with Crippen molar-refractivity contribution in [2.45, 2.75) is 11.4 Å². The molecule has 2 N–H and O–H groups in total. The molecule has 0 saturated heterocycles. The molecule has 0 aliphatic carbocycles. The monoisotopic (exact) mass is 296 g/mol. The number of nitrogens with two attached hydrogens (primary N) is 1. The van der Waals surface area contributed by atoms with Crippen LogP contribution in [0.15, 0.2) is 59.5 Å². The molecule has 1 aromatic heterocycles. The first-order valence-corrected chi connectivity index (χ1v) is 7.93. The topological polar surface area (TPSA) is 48.1 Å². The van der Waals surface area contributed by atoms with E-state index in [9.17, 15) is 0 Å². The number of rotatable bonds is 4. The summed E-state index contributed by atoms with van der Waals surface area (Å²) in [6.45, 7) is 0.399. The molecule has 0 unspecified atom stereocenters. The van der Waals surface area contributed by atoms with Crippen molar-refractivity contribution in [2.24, 2.45) is 5.73 Å². The third-order valence-electron chi connectivity index (χ3n) is 3.26. The first kappa shape index (κ1) is 13.9. The van der Waals surface area contributed by atoms with Gasteiger partial charge in [-0.1, -0.05) is 18.2 Å². The van der Waals surface area contributed by atoms with E-state index in [0.29, 0.717) is 12.4 Å². The molecule has 0 saturated carbocycles. The van der Waals surface area contributed by atoms with Gasteiger partial charge < -0.3 is 10.5 Å². The molecule has 0 aliphatic rings. The van der Waals surface area contributed by atoms with Gasteiger partial charge in [-0.2, -0.15) is 0 Å². The molecule has 0 spiro atoms. The average molecular weight is 296 g/mol. The third kappa shape index (κ3) is 3.01. The lowest BCUT2D eigenvalue weighted by atomic mass is 10.1. The zero-order valence-corrected chi connectivity index (χ0v) is 12.6. The molecule has 4 heteroatoms. The summed E-state index contributed by atoms with van der Waals surface area (Å²) in [5.41, 5.74) is 7.63. The summed E-state index contributed by atoms with van der Waals surface area (Å²) in [5, 5.41) is 1.07. The lowest BCUT2D eigenvalue weighted by Crippen LogP contribution is -2.01. The molecule has 0 atom stereocenters. The molecule has 0 amide bonds. The number of fused-ring (bicyclic) bond motifs is 1. The molecule has 3 rings (SSSR count). The summed E-state index contributed by atoms with van der Waals surface area (Å²) in [6, 6.07) is 17.9. The van der Waals surface area contributed by atoms with E-state index in [-0.39, 0.29) is 0 Å². The van der Waals surface area contributed by atoms with Crippen LogP contribution in [0.1, 0.15) is 5.56 Å². The second kappa shape index (κ2) is 6.16. The first-order chi connectivity index (χ1) is 10.3. The number of ether oxygens (including phenoxy) is 1. The second-order valence-electron chi connectivity index (χ2n) is 4.63. The van der Waals surface area contributed by atoms with Gasteiger partial charge in [-0.3, -0.25) is 0 Å². The highest BCUT2D eigenvalue weighted by atomic mass is 32.2. The number of pyridine rings is 1. The second-order valence-corrected chi connectivity index (χ2v) is 5.51. The highest BCUT2D eigenvalue weighted by Gasteiger charge is 2.08. The molecule has 0 fully saturated rings. The van der Waals surface area contributed by atoms with Crippen molar-refractivity contribution in [3.63, 3.8) is 0 Å². The molecule has 3 aromatic rings. The smallest absolute Gasteiger partial charge is 0.224 e. The van der Waals surface area contributed by atoms with E-state index >= 15 is 0 Å². The fraction of sp³-hybridized carbons (Fsp3) is 0.118. The minimum absolute atomic E-state index is 0.399. The maximum absolute atomic E-state index is 5.91. The van der Waals surface area contributed by atoms with Crippen molar-refractivity contribution in [3.8, 4) is 11.6 Å². The minimum atomic E-state index is 0.399. The lowest BCUT2D eigenvalue weighted by molar-refractivity contribution is 0.458. The van der Waals surface area contributed by atoms with Crippen LogP contribution in [0.25, 0.3) is 10.9 Å². The largest absolute Gasteiger partial charge is 0.439 e. The predicted molar refractivity (Wildman–Crippen MR) is 87.9 cm³/mol. The molecule has 1 heterocycles. The molecule has 3 nitrogen and oxygen atoms in total. The minimum Gasteiger partial charge on any atom is -0.439 e. The van der Waals surface area contributed by atoms with Crippen LogP contribution in [0.2, 0.25) is 0 Å². The first-order valence-electron chi connectivity index (χ1n) is 6.71. The van der Waals surface area contributed by atoms with Gasteiger partial charge in [-0.15, -0.1) is 11.8 Å². The predicted octanol–water partition coefficient (Wildman–Crippen LogP) is 4.21. The number of benzene rings is 2. The molecule has 21 heavy (non-hydrogen) atoms. The van der Waals surface area contributed by atoms with Crippen molar-refractivity contribution in [1.82, 2.24) is 4.98 Å². The number of hydrogen-bond acceptors (Lipinski definition) is 4. The summed E-state index contributed by atoms with van der Waals surface area (Å²) in [6.07, 6.45) is 2.05. The zero-order valence-electron chi connectivity index (χ0n) is 11.7. The van der Waals surface area contributed by atoms with Crippen molar-refractivity contribution in [2.75, 3.05) is 6.26 Å².